The van der Waals surface area contributed by atoms with Gasteiger partial charge in [0.25, 0.3) is 5.91 Å². The van der Waals surface area contributed by atoms with Crippen molar-refractivity contribution in [1.82, 2.24) is 9.58 Å². The van der Waals surface area contributed by atoms with Crippen molar-refractivity contribution in [3.63, 3.8) is 0 Å². The number of aromatic hydroxyl groups is 1. The van der Waals surface area contributed by atoms with Crippen LogP contribution in [-0.2, 0) is 5.75 Å². The Balaban J connectivity index is 1.74. The Kier molecular flexibility index (Phi) is 6.46. The molecule has 38 heavy (non-hydrogen) atoms. The average molecular weight is 550 g/mol. The van der Waals surface area contributed by atoms with Gasteiger partial charge in [0.15, 0.2) is 11.4 Å². The first-order valence-electron chi connectivity index (χ1n) is 11.4. The Bertz CT molecular complexity index is 1470. The summed E-state index contributed by atoms with van der Waals surface area (Å²) in [6, 6.07) is 8.38. The second kappa shape index (κ2) is 9.50. The number of hydrogen-bond acceptors (Lipinski definition) is 5. The van der Waals surface area contributed by atoms with Crippen LogP contribution in [0.5, 0.6) is 5.75 Å². The lowest BCUT2D eigenvalue weighted by atomic mass is 9.94. The number of carbonyl (C=O) groups is 1. The van der Waals surface area contributed by atoms with Crippen LogP contribution in [0.4, 0.5) is 22.0 Å². The summed E-state index contributed by atoms with van der Waals surface area (Å²) in [5.74, 6) is -4.41. The van der Waals surface area contributed by atoms with E-state index >= 15 is 0 Å². The Morgan fingerprint density at radius 2 is 1.74 bits per heavy atom. The maximum Gasteiger partial charge on any atom is 0.394 e. The minimum Gasteiger partial charge on any atom is -0.502 e. The van der Waals surface area contributed by atoms with Crippen LogP contribution in [0.15, 0.2) is 70.6 Å². The summed E-state index contributed by atoms with van der Waals surface area (Å²) >= 11 is 1.40. The Morgan fingerprint density at radius 3 is 2.45 bits per heavy atom. The van der Waals surface area contributed by atoms with Gasteiger partial charge in [0.2, 0.25) is 5.43 Å². The molecule has 1 amide bonds. The molecule has 0 fully saturated rings. The van der Waals surface area contributed by atoms with Crippen molar-refractivity contribution in [1.29, 1.82) is 0 Å². The van der Waals surface area contributed by atoms with Crippen LogP contribution in [0, 0.1) is 17.6 Å². The van der Waals surface area contributed by atoms with E-state index in [2.05, 4.69) is 0 Å². The molecule has 0 aliphatic carbocycles. The number of alkyl halides is 3. The fourth-order valence-corrected chi connectivity index (χ4v) is 5.55. The molecule has 1 aromatic heterocycles. The van der Waals surface area contributed by atoms with Crippen LogP contribution in [0.25, 0.3) is 0 Å². The monoisotopic (exact) mass is 549 g/mol. The molecule has 0 saturated carbocycles. The van der Waals surface area contributed by atoms with Crippen molar-refractivity contribution >= 4 is 17.7 Å². The highest BCUT2D eigenvalue weighted by molar-refractivity contribution is 7.98. The predicted octanol–water partition coefficient (Wildman–Crippen LogP) is 5.29. The molecule has 3 heterocycles. The summed E-state index contributed by atoms with van der Waals surface area (Å²) in [5.41, 5.74) is 0.224. The zero-order valence-electron chi connectivity index (χ0n) is 19.7. The molecule has 0 radical (unpaired) electrons. The quantitative estimate of drug-likeness (QED) is 0.450. The van der Waals surface area contributed by atoms with Crippen molar-refractivity contribution in [3.05, 3.63) is 105 Å². The number of hydrogen-bond donors (Lipinski definition) is 1. The Labute approximate surface area is 217 Å². The number of benzene rings is 2. The minimum atomic E-state index is -4.56. The molecule has 0 spiro atoms. The van der Waals surface area contributed by atoms with Crippen LogP contribution in [0.2, 0.25) is 0 Å². The van der Waals surface area contributed by atoms with Crippen molar-refractivity contribution in [2.24, 2.45) is 5.92 Å². The van der Waals surface area contributed by atoms with Gasteiger partial charge in [-0.3, -0.25) is 24.2 Å². The highest BCUT2D eigenvalue weighted by Crippen LogP contribution is 2.43. The molecule has 3 aromatic rings. The SMILES string of the molecule is CC(/C=C/N1CN([C@H]2c3cc(F)ccc3CSc3ccc(F)cc32)n2ccc(=O)c(O)c2C1=O)C(F)(F)F. The van der Waals surface area contributed by atoms with Gasteiger partial charge in [0.1, 0.15) is 18.3 Å². The van der Waals surface area contributed by atoms with Crippen LogP contribution in [0.1, 0.15) is 40.1 Å². The highest BCUT2D eigenvalue weighted by atomic mass is 32.2. The van der Waals surface area contributed by atoms with Gasteiger partial charge < -0.3 is 5.11 Å². The third-order valence-corrected chi connectivity index (χ3v) is 7.65. The smallest absolute Gasteiger partial charge is 0.394 e. The van der Waals surface area contributed by atoms with Crippen molar-refractivity contribution in [2.45, 2.75) is 29.8 Å². The minimum absolute atomic E-state index is 0.351. The molecule has 1 N–H and O–H groups in total. The van der Waals surface area contributed by atoms with E-state index in [1.807, 2.05) is 0 Å². The van der Waals surface area contributed by atoms with E-state index in [0.29, 0.717) is 21.8 Å². The molecule has 0 bridgehead atoms. The summed E-state index contributed by atoms with van der Waals surface area (Å²) in [6.45, 7) is 0.565. The zero-order chi connectivity index (χ0) is 27.4. The topological polar surface area (TPSA) is 65.8 Å². The molecule has 5 rings (SSSR count). The summed E-state index contributed by atoms with van der Waals surface area (Å²) in [4.78, 5) is 27.1. The standard InChI is InChI=1S/C26H20F5N3O3S/c1-14(26(29,30)31)6-8-32-13-34(33-9-7-20(35)24(36)23(33)25(32)37)22-18-10-16(27)3-2-15(18)12-38-21-5-4-17(28)11-19(21)22/h2-11,14,22,36H,12-13H2,1H3/b8-6+/t14?,22-/m0/s1. The van der Waals surface area contributed by atoms with Gasteiger partial charge in [-0.2, -0.15) is 13.2 Å². The second-order valence-electron chi connectivity index (χ2n) is 8.97. The molecule has 2 aliphatic rings. The van der Waals surface area contributed by atoms with E-state index in [0.717, 1.165) is 35.7 Å². The summed E-state index contributed by atoms with van der Waals surface area (Å²) in [5, 5.41) is 12.0. The lowest BCUT2D eigenvalue weighted by molar-refractivity contribution is -0.156. The van der Waals surface area contributed by atoms with Crippen LogP contribution < -0.4 is 10.4 Å². The molecule has 2 aliphatic heterocycles. The second-order valence-corrected chi connectivity index (χ2v) is 9.98. The number of rotatable bonds is 3. The van der Waals surface area contributed by atoms with Gasteiger partial charge in [-0.15, -0.1) is 11.8 Å². The lowest BCUT2D eigenvalue weighted by Crippen LogP contribution is -2.54. The number of carbonyl (C=O) groups excluding carboxylic acids is 1. The molecule has 0 saturated heterocycles. The molecular weight excluding hydrogens is 529 g/mol. The predicted molar refractivity (Wildman–Crippen MR) is 130 cm³/mol. The number of aromatic nitrogens is 1. The summed E-state index contributed by atoms with van der Waals surface area (Å²) < 4.78 is 69.7. The molecular formula is C26H20F5N3O3S. The van der Waals surface area contributed by atoms with Gasteiger partial charge in [-0.25, -0.2) is 8.78 Å². The van der Waals surface area contributed by atoms with Gasteiger partial charge in [0, 0.05) is 29.1 Å². The average Bonchev–Trinajstić information content (AvgIpc) is 3.01. The molecule has 1 unspecified atom stereocenters. The number of amides is 1. The van der Waals surface area contributed by atoms with Crippen LogP contribution >= 0.6 is 11.8 Å². The first-order valence-corrected chi connectivity index (χ1v) is 12.4. The third kappa shape index (κ3) is 4.53. The van der Waals surface area contributed by atoms with Crippen molar-refractivity contribution in [2.75, 3.05) is 11.7 Å². The van der Waals surface area contributed by atoms with Gasteiger partial charge in [-0.05, 0) is 47.0 Å². The number of pyridine rings is 1. The van der Waals surface area contributed by atoms with Gasteiger partial charge in [-0.1, -0.05) is 19.1 Å². The maximum atomic E-state index is 14.5. The number of fused-ring (bicyclic) bond motifs is 3. The van der Waals surface area contributed by atoms with E-state index in [9.17, 15) is 36.6 Å². The largest absolute Gasteiger partial charge is 0.502 e. The fourth-order valence-electron chi connectivity index (χ4n) is 4.48. The van der Waals surface area contributed by atoms with Gasteiger partial charge in [0.05, 0.1) is 12.0 Å². The molecule has 12 heteroatoms. The van der Waals surface area contributed by atoms with E-state index in [-0.39, 0.29) is 6.67 Å². The van der Waals surface area contributed by atoms with Crippen LogP contribution in [0.3, 0.4) is 0 Å². The lowest BCUT2D eigenvalue weighted by Gasteiger charge is -2.43. The number of thioether (sulfide) groups is 1. The molecule has 2 atom stereocenters. The number of halogens is 5. The molecule has 2 aromatic carbocycles. The number of nitrogens with zero attached hydrogens (tertiary/aromatic N) is 3. The summed E-state index contributed by atoms with van der Waals surface area (Å²) in [6.07, 6.45) is -1.59. The fraction of sp³-hybridized carbons (Fsp3) is 0.231. The third-order valence-electron chi connectivity index (χ3n) is 6.51. The maximum absolute atomic E-state index is 14.5. The van der Waals surface area contributed by atoms with Crippen molar-refractivity contribution in [3.8, 4) is 5.75 Å². The van der Waals surface area contributed by atoms with E-state index < -0.39 is 52.5 Å². The number of allylic oxidation sites excluding steroid dienone is 1. The van der Waals surface area contributed by atoms with Crippen LogP contribution in [-0.4, -0.2) is 33.4 Å². The summed E-state index contributed by atoms with van der Waals surface area (Å²) in [7, 11) is 0. The highest BCUT2D eigenvalue weighted by Gasteiger charge is 2.39. The van der Waals surface area contributed by atoms with E-state index in [1.165, 1.54) is 51.9 Å². The molecule has 198 valence electrons. The first-order chi connectivity index (χ1) is 18.0. The van der Waals surface area contributed by atoms with Gasteiger partial charge >= 0.3 is 6.18 Å². The Morgan fingerprint density at radius 1 is 1.05 bits per heavy atom. The van der Waals surface area contributed by atoms with Crippen molar-refractivity contribution < 1.29 is 31.9 Å². The zero-order valence-corrected chi connectivity index (χ0v) is 20.6. The van der Waals surface area contributed by atoms with E-state index in [4.69, 9.17) is 0 Å². The Hall–Kier alpha value is -3.80. The normalized spacial score (nSPS) is 18.2. The van der Waals surface area contributed by atoms with E-state index in [1.54, 1.807) is 12.1 Å². The molecule has 6 nitrogen and oxygen atoms in total. The first kappa shape index (κ1) is 25.8.